The molecule has 2 fully saturated rings. The van der Waals surface area contributed by atoms with E-state index in [1.165, 1.54) is 7.11 Å². The molecule has 1 aliphatic heterocycles. The molecule has 0 amide bonds. The number of ether oxygens (including phenoxy) is 1. The van der Waals surface area contributed by atoms with E-state index in [4.69, 9.17) is 9.72 Å². The molecule has 0 unspecified atom stereocenters. The number of esters is 1. The first-order valence-electron chi connectivity index (χ1n) is 10.0. The maximum atomic E-state index is 11.8. The Morgan fingerprint density at radius 3 is 2.76 bits per heavy atom. The number of nitrogens with zero attached hydrogens (tertiary/aromatic N) is 5. The average molecular weight is 395 g/mol. The van der Waals surface area contributed by atoms with Crippen LogP contribution >= 0.6 is 0 Å². The molecular formula is C21H25N5O3. The molecule has 1 saturated heterocycles. The van der Waals surface area contributed by atoms with E-state index < -0.39 is 0 Å². The average Bonchev–Trinajstić information content (AvgIpc) is 3.45. The summed E-state index contributed by atoms with van der Waals surface area (Å²) in [6, 6.07) is 7.41. The molecule has 1 aromatic carbocycles. The molecule has 0 radical (unpaired) electrons. The Morgan fingerprint density at radius 1 is 1.24 bits per heavy atom. The molecule has 3 aromatic rings. The third-order valence-electron chi connectivity index (χ3n) is 6.53. The van der Waals surface area contributed by atoms with Gasteiger partial charge in [-0.05, 0) is 48.9 Å². The Labute approximate surface area is 168 Å². The highest BCUT2D eigenvalue weighted by Crippen LogP contribution is 2.42. The van der Waals surface area contributed by atoms with E-state index in [9.17, 15) is 9.90 Å². The van der Waals surface area contributed by atoms with Crippen LogP contribution in [0.3, 0.4) is 0 Å². The number of aromatic nitrogens is 4. The molecule has 29 heavy (non-hydrogen) atoms. The number of hydrogen-bond acceptors (Lipinski definition) is 6. The summed E-state index contributed by atoms with van der Waals surface area (Å²) in [5.41, 5.74) is 2.27. The highest BCUT2D eigenvalue weighted by atomic mass is 16.5. The second kappa shape index (κ2) is 6.88. The van der Waals surface area contributed by atoms with Crippen molar-refractivity contribution in [2.45, 2.75) is 25.0 Å². The summed E-state index contributed by atoms with van der Waals surface area (Å²) in [6.45, 7) is 1.80. The summed E-state index contributed by atoms with van der Waals surface area (Å²) in [5.74, 6) is 1.49. The van der Waals surface area contributed by atoms with Gasteiger partial charge in [-0.3, -0.25) is 4.68 Å². The van der Waals surface area contributed by atoms with Crippen molar-refractivity contribution in [1.82, 2.24) is 19.3 Å². The Bertz CT molecular complexity index is 1040. The van der Waals surface area contributed by atoms with E-state index in [0.717, 1.165) is 42.9 Å². The van der Waals surface area contributed by atoms with Crippen molar-refractivity contribution in [3.8, 4) is 0 Å². The molecule has 1 saturated carbocycles. The summed E-state index contributed by atoms with van der Waals surface area (Å²) in [5, 5.41) is 15.0. The van der Waals surface area contributed by atoms with Crippen molar-refractivity contribution in [3.63, 3.8) is 0 Å². The lowest BCUT2D eigenvalue weighted by Crippen LogP contribution is -2.36. The summed E-state index contributed by atoms with van der Waals surface area (Å²) in [4.78, 5) is 19.0. The number of imidazole rings is 1. The Kier molecular flexibility index (Phi) is 4.31. The van der Waals surface area contributed by atoms with Crippen molar-refractivity contribution in [2.24, 2.45) is 18.9 Å². The fourth-order valence-electron chi connectivity index (χ4n) is 5.05. The lowest BCUT2D eigenvalue weighted by molar-refractivity contribution is 0.0306. The van der Waals surface area contributed by atoms with Crippen LogP contribution in [0.25, 0.3) is 11.0 Å². The summed E-state index contributed by atoms with van der Waals surface area (Å²) < 4.78 is 8.80. The van der Waals surface area contributed by atoms with Gasteiger partial charge in [-0.1, -0.05) is 0 Å². The molecule has 2 aliphatic rings. The zero-order valence-electron chi connectivity index (χ0n) is 16.6. The third-order valence-corrected chi connectivity index (χ3v) is 6.53. The number of fused-ring (bicyclic) bond motifs is 2. The lowest BCUT2D eigenvalue weighted by Gasteiger charge is -2.35. The monoisotopic (exact) mass is 395 g/mol. The van der Waals surface area contributed by atoms with Gasteiger partial charge >= 0.3 is 5.97 Å². The smallest absolute Gasteiger partial charge is 0.337 e. The number of aliphatic hydroxyl groups excluding tert-OH is 1. The first kappa shape index (κ1) is 18.2. The molecule has 3 heterocycles. The van der Waals surface area contributed by atoms with E-state index in [0.29, 0.717) is 17.4 Å². The molecule has 152 valence electrons. The van der Waals surface area contributed by atoms with Gasteiger partial charge in [0.25, 0.3) is 0 Å². The standard InChI is InChI=1S/C21H25N5O3/c1-24-17-5-4-13(20(28)29-2)8-16(17)23-21(24)25-11-14-9-18(26-7-3-6-22-26)19(27)10-15(14)12-25/h3-8,14-15,18-19,27H,9-12H2,1-2H3/t14-,15+,18-,19-/m1/s1. The fraction of sp³-hybridized carbons (Fsp3) is 0.476. The second-order valence-electron chi connectivity index (χ2n) is 8.18. The quantitative estimate of drug-likeness (QED) is 0.683. The number of carbonyl (C=O) groups excluding carboxylic acids is 1. The van der Waals surface area contributed by atoms with Crippen LogP contribution in [0, 0.1) is 11.8 Å². The summed E-state index contributed by atoms with van der Waals surface area (Å²) in [7, 11) is 3.39. The molecule has 8 heteroatoms. The van der Waals surface area contributed by atoms with Crippen LogP contribution in [-0.4, -0.2) is 56.7 Å². The van der Waals surface area contributed by atoms with Crippen molar-refractivity contribution >= 4 is 23.0 Å². The van der Waals surface area contributed by atoms with Gasteiger partial charge in [-0.15, -0.1) is 0 Å². The minimum absolute atomic E-state index is 0.0364. The number of aliphatic hydroxyl groups is 1. The highest BCUT2D eigenvalue weighted by Gasteiger charge is 2.43. The summed E-state index contributed by atoms with van der Waals surface area (Å²) in [6.07, 6.45) is 5.02. The molecule has 1 aliphatic carbocycles. The minimum atomic E-state index is -0.376. The molecule has 0 bridgehead atoms. The van der Waals surface area contributed by atoms with E-state index >= 15 is 0 Å². The topological polar surface area (TPSA) is 85.4 Å². The van der Waals surface area contributed by atoms with Crippen LogP contribution in [0.2, 0.25) is 0 Å². The zero-order valence-corrected chi connectivity index (χ0v) is 16.6. The molecular weight excluding hydrogens is 370 g/mol. The number of methoxy groups -OCH3 is 1. The zero-order chi connectivity index (χ0) is 20.1. The third kappa shape index (κ3) is 2.98. The van der Waals surface area contributed by atoms with Gasteiger partial charge < -0.3 is 19.3 Å². The van der Waals surface area contributed by atoms with Gasteiger partial charge in [0.2, 0.25) is 5.95 Å². The Hall–Kier alpha value is -2.87. The van der Waals surface area contributed by atoms with Gasteiger partial charge in [0.15, 0.2) is 0 Å². The largest absolute Gasteiger partial charge is 0.465 e. The van der Waals surface area contributed by atoms with Gasteiger partial charge in [0.05, 0.1) is 35.9 Å². The maximum Gasteiger partial charge on any atom is 0.337 e. The van der Waals surface area contributed by atoms with Crippen molar-refractivity contribution in [1.29, 1.82) is 0 Å². The minimum Gasteiger partial charge on any atom is -0.465 e. The Balaban J connectivity index is 1.40. The number of hydrogen-bond donors (Lipinski definition) is 1. The predicted molar refractivity (Wildman–Crippen MR) is 108 cm³/mol. The van der Waals surface area contributed by atoms with Gasteiger partial charge in [0.1, 0.15) is 0 Å². The first-order valence-corrected chi connectivity index (χ1v) is 10.0. The van der Waals surface area contributed by atoms with Gasteiger partial charge in [-0.25, -0.2) is 9.78 Å². The SMILES string of the molecule is COC(=O)c1ccc2c(c1)nc(N1C[C@H]3C[C@@H](n4cccn4)[C@H](O)C[C@H]3C1)n2C. The van der Waals surface area contributed by atoms with Crippen LogP contribution in [0.4, 0.5) is 5.95 Å². The molecule has 2 aromatic heterocycles. The van der Waals surface area contributed by atoms with Crippen molar-refractivity contribution in [3.05, 3.63) is 42.2 Å². The Morgan fingerprint density at radius 2 is 2.03 bits per heavy atom. The van der Waals surface area contributed by atoms with Crippen molar-refractivity contribution < 1.29 is 14.6 Å². The highest BCUT2D eigenvalue weighted by molar-refractivity contribution is 5.94. The number of anilines is 1. The van der Waals surface area contributed by atoms with Gasteiger partial charge in [-0.2, -0.15) is 5.10 Å². The van der Waals surface area contributed by atoms with E-state index in [1.54, 1.807) is 18.3 Å². The fourth-order valence-corrected chi connectivity index (χ4v) is 5.05. The van der Waals surface area contributed by atoms with Crippen LogP contribution in [-0.2, 0) is 11.8 Å². The first-order chi connectivity index (χ1) is 14.0. The maximum absolute atomic E-state index is 11.8. The predicted octanol–water partition coefficient (Wildman–Crippen LogP) is 2.00. The lowest BCUT2D eigenvalue weighted by atomic mass is 9.77. The van der Waals surface area contributed by atoms with E-state index in [1.807, 2.05) is 30.1 Å². The van der Waals surface area contributed by atoms with Crippen LogP contribution in [0.1, 0.15) is 29.2 Å². The van der Waals surface area contributed by atoms with E-state index in [-0.39, 0.29) is 18.1 Å². The normalized spacial score (nSPS) is 26.7. The molecule has 5 rings (SSSR count). The number of rotatable bonds is 3. The van der Waals surface area contributed by atoms with Crippen LogP contribution in [0.15, 0.2) is 36.7 Å². The van der Waals surface area contributed by atoms with Gasteiger partial charge in [0, 0.05) is 32.5 Å². The summed E-state index contributed by atoms with van der Waals surface area (Å²) >= 11 is 0. The van der Waals surface area contributed by atoms with Crippen LogP contribution in [0.5, 0.6) is 0 Å². The number of aryl methyl sites for hydroxylation is 1. The van der Waals surface area contributed by atoms with E-state index in [2.05, 4.69) is 14.6 Å². The number of benzene rings is 1. The van der Waals surface area contributed by atoms with Crippen LogP contribution < -0.4 is 4.90 Å². The molecule has 1 N–H and O–H groups in total. The molecule has 8 nitrogen and oxygen atoms in total. The number of carbonyl (C=O) groups is 1. The molecule has 0 spiro atoms. The second-order valence-corrected chi connectivity index (χ2v) is 8.18. The van der Waals surface area contributed by atoms with Crippen molar-refractivity contribution in [2.75, 3.05) is 25.1 Å². The molecule has 4 atom stereocenters.